The highest BCUT2D eigenvalue weighted by Crippen LogP contribution is 2.30. The van der Waals surface area contributed by atoms with Gasteiger partial charge in [0.25, 0.3) is 0 Å². The summed E-state index contributed by atoms with van der Waals surface area (Å²) in [6.45, 7) is 0. The molecule has 0 radical (unpaired) electrons. The number of carbonyl (C=O) groups is 1. The number of anilines is 1. The SMILES string of the molecule is O=C(NC(=S)Nc1c(Cl)cccc1Cl)C(c1ccccc1)c1ccccc1. The quantitative estimate of drug-likeness (QED) is 0.542. The topological polar surface area (TPSA) is 41.1 Å². The zero-order valence-electron chi connectivity index (χ0n) is 14.2. The van der Waals surface area contributed by atoms with Crippen LogP contribution in [-0.2, 0) is 4.79 Å². The summed E-state index contributed by atoms with van der Waals surface area (Å²) in [5, 5.41) is 6.61. The van der Waals surface area contributed by atoms with Gasteiger partial charge in [-0.15, -0.1) is 0 Å². The summed E-state index contributed by atoms with van der Waals surface area (Å²) < 4.78 is 0. The summed E-state index contributed by atoms with van der Waals surface area (Å²) >= 11 is 17.6. The first-order valence-corrected chi connectivity index (χ1v) is 9.38. The van der Waals surface area contributed by atoms with Gasteiger partial charge in [-0.2, -0.15) is 0 Å². The average molecular weight is 415 g/mol. The minimum Gasteiger partial charge on any atom is -0.330 e. The van der Waals surface area contributed by atoms with Gasteiger partial charge in [0.15, 0.2) is 5.11 Å². The van der Waals surface area contributed by atoms with Crippen LogP contribution >= 0.6 is 35.4 Å². The van der Waals surface area contributed by atoms with Gasteiger partial charge in [-0.3, -0.25) is 4.79 Å². The molecule has 0 aliphatic rings. The molecule has 2 N–H and O–H groups in total. The Morgan fingerprint density at radius 3 is 1.74 bits per heavy atom. The molecule has 0 bridgehead atoms. The second kappa shape index (κ2) is 9.00. The Labute approximate surface area is 173 Å². The van der Waals surface area contributed by atoms with Crippen LogP contribution in [0.3, 0.4) is 0 Å². The Hall–Kier alpha value is -2.40. The number of halogens is 2. The van der Waals surface area contributed by atoms with Crippen molar-refractivity contribution in [2.45, 2.75) is 5.92 Å². The van der Waals surface area contributed by atoms with Crippen LogP contribution in [0.2, 0.25) is 10.0 Å². The molecular weight excluding hydrogens is 399 g/mol. The van der Waals surface area contributed by atoms with E-state index in [-0.39, 0.29) is 11.0 Å². The molecule has 3 rings (SSSR count). The molecule has 0 aromatic heterocycles. The third-order valence-electron chi connectivity index (χ3n) is 3.97. The number of carbonyl (C=O) groups excluding carboxylic acids is 1. The molecule has 0 aliphatic heterocycles. The number of para-hydroxylation sites is 1. The standard InChI is InChI=1S/C21H16Cl2N2OS/c22-16-12-7-13-17(23)19(16)24-21(27)25-20(26)18(14-8-3-1-4-9-14)15-10-5-2-6-11-15/h1-13,18H,(H2,24,25,26,27). The van der Waals surface area contributed by atoms with Gasteiger partial charge in [0.1, 0.15) is 0 Å². The van der Waals surface area contributed by atoms with E-state index in [2.05, 4.69) is 10.6 Å². The van der Waals surface area contributed by atoms with Gasteiger partial charge in [0.05, 0.1) is 21.7 Å². The van der Waals surface area contributed by atoms with Gasteiger partial charge in [-0.25, -0.2) is 0 Å². The van der Waals surface area contributed by atoms with Crippen LogP contribution in [0.15, 0.2) is 78.9 Å². The molecule has 0 unspecified atom stereocenters. The molecule has 3 nitrogen and oxygen atoms in total. The fourth-order valence-electron chi connectivity index (χ4n) is 2.73. The average Bonchev–Trinajstić information content (AvgIpc) is 2.67. The molecule has 0 atom stereocenters. The highest BCUT2D eigenvalue weighted by atomic mass is 35.5. The Bertz CT molecular complexity index is 889. The molecule has 136 valence electrons. The lowest BCUT2D eigenvalue weighted by Crippen LogP contribution is -2.38. The summed E-state index contributed by atoms with van der Waals surface area (Å²) in [6, 6.07) is 24.2. The Kier molecular flexibility index (Phi) is 6.45. The monoisotopic (exact) mass is 414 g/mol. The van der Waals surface area contributed by atoms with Crippen molar-refractivity contribution in [1.82, 2.24) is 5.32 Å². The number of hydrogen-bond acceptors (Lipinski definition) is 2. The first-order chi connectivity index (χ1) is 13.1. The summed E-state index contributed by atoms with van der Waals surface area (Å²) in [6.07, 6.45) is 0. The van der Waals surface area contributed by atoms with Gasteiger partial charge in [-0.1, -0.05) is 89.9 Å². The van der Waals surface area contributed by atoms with E-state index in [1.807, 2.05) is 60.7 Å². The summed E-state index contributed by atoms with van der Waals surface area (Å²) in [5.74, 6) is -0.734. The lowest BCUT2D eigenvalue weighted by Gasteiger charge is -2.19. The van der Waals surface area contributed by atoms with Crippen molar-refractivity contribution < 1.29 is 4.79 Å². The van der Waals surface area contributed by atoms with Gasteiger partial charge in [0, 0.05) is 0 Å². The molecule has 1 amide bonds. The Morgan fingerprint density at radius 1 is 0.778 bits per heavy atom. The van der Waals surface area contributed by atoms with Gasteiger partial charge in [0.2, 0.25) is 5.91 Å². The molecule has 0 fully saturated rings. The van der Waals surface area contributed by atoms with Crippen molar-refractivity contribution in [1.29, 1.82) is 0 Å². The molecule has 0 aliphatic carbocycles. The minimum atomic E-state index is -0.492. The molecule has 3 aromatic rings. The minimum absolute atomic E-state index is 0.131. The molecule has 0 saturated heterocycles. The second-order valence-electron chi connectivity index (χ2n) is 5.79. The smallest absolute Gasteiger partial charge is 0.238 e. The summed E-state index contributed by atoms with van der Waals surface area (Å²) in [4.78, 5) is 13.0. The Balaban J connectivity index is 1.82. The zero-order valence-corrected chi connectivity index (χ0v) is 16.5. The number of nitrogens with one attached hydrogen (secondary N) is 2. The highest BCUT2D eigenvalue weighted by Gasteiger charge is 2.23. The van der Waals surface area contributed by atoms with E-state index < -0.39 is 5.92 Å². The predicted octanol–water partition coefficient (Wildman–Crippen LogP) is 5.64. The maximum absolute atomic E-state index is 13.0. The third kappa shape index (κ3) is 4.86. The predicted molar refractivity (Wildman–Crippen MR) is 116 cm³/mol. The van der Waals surface area contributed by atoms with Crippen molar-refractivity contribution in [3.8, 4) is 0 Å². The zero-order chi connectivity index (χ0) is 19.2. The highest BCUT2D eigenvalue weighted by molar-refractivity contribution is 7.80. The molecule has 0 heterocycles. The molecular formula is C21H16Cl2N2OS. The van der Waals surface area contributed by atoms with Gasteiger partial charge >= 0.3 is 0 Å². The first kappa shape index (κ1) is 19.4. The largest absolute Gasteiger partial charge is 0.330 e. The number of amides is 1. The maximum Gasteiger partial charge on any atom is 0.238 e. The van der Waals surface area contributed by atoms with Crippen LogP contribution in [0.4, 0.5) is 5.69 Å². The van der Waals surface area contributed by atoms with Crippen molar-refractivity contribution in [3.63, 3.8) is 0 Å². The maximum atomic E-state index is 13.0. The van der Waals surface area contributed by atoms with E-state index in [1.54, 1.807) is 18.2 Å². The van der Waals surface area contributed by atoms with Crippen LogP contribution in [0.1, 0.15) is 17.0 Å². The van der Waals surface area contributed by atoms with Crippen molar-refractivity contribution in [2.24, 2.45) is 0 Å². The molecule has 3 aromatic carbocycles. The van der Waals surface area contributed by atoms with E-state index in [4.69, 9.17) is 35.4 Å². The molecule has 6 heteroatoms. The van der Waals surface area contributed by atoms with Crippen LogP contribution in [0, 0.1) is 0 Å². The molecule has 0 spiro atoms. The van der Waals surface area contributed by atoms with Crippen LogP contribution in [-0.4, -0.2) is 11.0 Å². The number of benzene rings is 3. The van der Waals surface area contributed by atoms with E-state index in [0.717, 1.165) is 11.1 Å². The lowest BCUT2D eigenvalue weighted by molar-refractivity contribution is -0.120. The fourth-order valence-corrected chi connectivity index (χ4v) is 3.43. The van der Waals surface area contributed by atoms with Crippen molar-refractivity contribution >= 4 is 52.1 Å². The summed E-state index contributed by atoms with van der Waals surface area (Å²) in [7, 11) is 0. The summed E-state index contributed by atoms with van der Waals surface area (Å²) in [5.41, 5.74) is 2.21. The molecule has 0 saturated carbocycles. The number of rotatable bonds is 4. The fraction of sp³-hybridized carbons (Fsp3) is 0.0476. The van der Waals surface area contributed by atoms with Gasteiger partial charge < -0.3 is 10.6 Å². The third-order valence-corrected chi connectivity index (χ3v) is 4.80. The van der Waals surface area contributed by atoms with Crippen LogP contribution in [0.5, 0.6) is 0 Å². The molecule has 27 heavy (non-hydrogen) atoms. The Morgan fingerprint density at radius 2 is 1.26 bits per heavy atom. The number of thiocarbonyl (C=S) groups is 1. The van der Waals surface area contributed by atoms with Crippen LogP contribution in [0.25, 0.3) is 0 Å². The first-order valence-electron chi connectivity index (χ1n) is 8.22. The van der Waals surface area contributed by atoms with Crippen LogP contribution < -0.4 is 10.6 Å². The number of hydrogen-bond donors (Lipinski definition) is 2. The van der Waals surface area contributed by atoms with E-state index in [1.165, 1.54) is 0 Å². The van der Waals surface area contributed by atoms with Crippen molar-refractivity contribution in [2.75, 3.05) is 5.32 Å². The van der Waals surface area contributed by atoms with E-state index in [9.17, 15) is 4.79 Å². The van der Waals surface area contributed by atoms with E-state index >= 15 is 0 Å². The van der Waals surface area contributed by atoms with Crippen molar-refractivity contribution in [3.05, 3.63) is 100 Å². The normalized spacial score (nSPS) is 10.5. The lowest BCUT2D eigenvalue weighted by atomic mass is 9.90. The van der Waals surface area contributed by atoms with E-state index in [0.29, 0.717) is 15.7 Å². The second-order valence-corrected chi connectivity index (χ2v) is 7.02. The van der Waals surface area contributed by atoms with Gasteiger partial charge in [-0.05, 0) is 35.5 Å².